The number of pyridine rings is 1. The van der Waals surface area contributed by atoms with E-state index in [0.29, 0.717) is 5.69 Å². The van der Waals surface area contributed by atoms with Gasteiger partial charge in [-0.25, -0.2) is 0 Å². The summed E-state index contributed by atoms with van der Waals surface area (Å²) in [4.78, 5) is 16.2. The molecule has 110 valence electrons. The molecule has 0 saturated heterocycles. The van der Waals surface area contributed by atoms with Gasteiger partial charge in [0.05, 0.1) is 0 Å². The van der Waals surface area contributed by atoms with Crippen molar-refractivity contribution in [3.05, 3.63) is 52.8 Å². The summed E-state index contributed by atoms with van der Waals surface area (Å²) >= 11 is 3.43. The van der Waals surface area contributed by atoms with Crippen molar-refractivity contribution in [2.24, 2.45) is 0 Å². The van der Waals surface area contributed by atoms with E-state index in [-0.39, 0.29) is 11.9 Å². The molecule has 0 bridgehead atoms. The van der Waals surface area contributed by atoms with Gasteiger partial charge in [0.15, 0.2) is 0 Å². The van der Waals surface area contributed by atoms with Crippen LogP contribution < -0.4 is 10.6 Å². The molecule has 0 fully saturated rings. The molecule has 1 amide bonds. The van der Waals surface area contributed by atoms with Crippen molar-refractivity contribution >= 4 is 33.2 Å². The average Bonchev–Trinajstić information content (AvgIpc) is 2.47. The van der Waals surface area contributed by atoms with Gasteiger partial charge < -0.3 is 10.6 Å². The third kappa shape index (κ3) is 4.56. The van der Waals surface area contributed by atoms with Gasteiger partial charge in [-0.1, -0.05) is 28.9 Å². The van der Waals surface area contributed by atoms with Gasteiger partial charge in [0.1, 0.15) is 5.69 Å². The van der Waals surface area contributed by atoms with Gasteiger partial charge in [-0.3, -0.25) is 9.78 Å². The van der Waals surface area contributed by atoms with Crippen molar-refractivity contribution in [2.45, 2.75) is 26.3 Å². The van der Waals surface area contributed by atoms with E-state index in [4.69, 9.17) is 0 Å². The molecule has 0 aliphatic carbocycles. The number of hydrogen-bond acceptors (Lipinski definition) is 3. The molecule has 0 saturated carbocycles. The number of amides is 1. The van der Waals surface area contributed by atoms with Crippen LogP contribution in [0.3, 0.4) is 0 Å². The van der Waals surface area contributed by atoms with Crippen LogP contribution in [0.25, 0.3) is 0 Å². The maximum absolute atomic E-state index is 12.1. The number of carbonyl (C=O) groups excluding carboxylic acids is 1. The van der Waals surface area contributed by atoms with Gasteiger partial charge in [0, 0.05) is 28.1 Å². The number of anilines is 2. The van der Waals surface area contributed by atoms with Crippen molar-refractivity contribution in [1.82, 2.24) is 10.3 Å². The first-order valence-corrected chi connectivity index (χ1v) is 7.67. The molecular formula is C16H18BrN3O. The number of nitrogens with zero attached hydrogens (tertiary/aromatic N) is 1. The summed E-state index contributed by atoms with van der Waals surface area (Å²) in [5.41, 5.74) is 2.19. The van der Waals surface area contributed by atoms with E-state index >= 15 is 0 Å². The van der Waals surface area contributed by atoms with Crippen molar-refractivity contribution in [3.63, 3.8) is 0 Å². The number of carbonyl (C=O) groups is 1. The molecule has 1 aromatic heterocycles. The van der Waals surface area contributed by atoms with E-state index in [1.807, 2.05) is 44.2 Å². The van der Waals surface area contributed by atoms with Crippen LogP contribution in [-0.2, 0) is 0 Å². The van der Waals surface area contributed by atoms with E-state index in [0.717, 1.165) is 22.3 Å². The highest BCUT2D eigenvalue weighted by Gasteiger charge is 2.10. The summed E-state index contributed by atoms with van der Waals surface area (Å²) in [7, 11) is 0. The summed E-state index contributed by atoms with van der Waals surface area (Å²) < 4.78 is 0.997. The van der Waals surface area contributed by atoms with E-state index in [1.54, 1.807) is 12.3 Å². The van der Waals surface area contributed by atoms with Crippen molar-refractivity contribution in [1.29, 1.82) is 0 Å². The van der Waals surface area contributed by atoms with Gasteiger partial charge in [-0.15, -0.1) is 0 Å². The zero-order valence-electron chi connectivity index (χ0n) is 12.1. The quantitative estimate of drug-likeness (QED) is 0.855. The molecule has 4 nitrogen and oxygen atoms in total. The molecule has 1 heterocycles. The van der Waals surface area contributed by atoms with Crippen molar-refractivity contribution in [3.8, 4) is 0 Å². The van der Waals surface area contributed by atoms with Crippen LogP contribution in [0.2, 0.25) is 0 Å². The number of aromatic nitrogens is 1. The highest BCUT2D eigenvalue weighted by molar-refractivity contribution is 9.10. The lowest BCUT2D eigenvalue weighted by atomic mass is 10.2. The molecule has 1 unspecified atom stereocenters. The second-order valence-corrected chi connectivity index (χ2v) is 5.76. The molecular weight excluding hydrogens is 330 g/mol. The number of benzene rings is 1. The second kappa shape index (κ2) is 7.22. The number of nitrogens with one attached hydrogen (secondary N) is 2. The van der Waals surface area contributed by atoms with Crippen LogP contribution in [0.15, 0.2) is 47.1 Å². The van der Waals surface area contributed by atoms with E-state index in [9.17, 15) is 4.79 Å². The van der Waals surface area contributed by atoms with Crippen molar-refractivity contribution < 1.29 is 4.79 Å². The predicted octanol–water partition coefficient (Wildman–Crippen LogP) is 4.12. The fraction of sp³-hybridized carbons (Fsp3) is 0.250. The SMILES string of the molecule is CCC(C)NC(=O)c1cc(Nc2cccc(Br)c2)ccn1. The monoisotopic (exact) mass is 347 g/mol. The highest BCUT2D eigenvalue weighted by atomic mass is 79.9. The smallest absolute Gasteiger partial charge is 0.270 e. The second-order valence-electron chi connectivity index (χ2n) is 4.85. The predicted molar refractivity (Wildman–Crippen MR) is 88.9 cm³/mol. The van der Waals surface area contributed by atoms with Crippen LogP contribution in [0, 0.1) is 0 Å². The van der Waals surface area contributed by atoms with Crippen LogP contribution >= 0.6 is 15.9 Å². The lowest BCUT2D eigenvalue weighted by molar-refractivity contribution is 0.0934. The molecule has 1 aromatic carbocycles. The Hall–Kier alpha value is -1.88. The Morgan fingerprint density at radius 2 is 2.05 bits per heavy atom. The minimum absolute atomic E-state index is 0.140. The van der Waals surface area contributed by atoms with E-state index in [2.05, 4.69) is 31.5 Å². The van der Waals surface area contributed by atoms with Gasteiger partial charge in [0.2, 0.25) is 0 Å². The fourth-order valence-electron chi connectivity index (χ4n) is 1.77. The third-order valence-electron chi connectivity index (χ3n) is 3.10. The minimum atomic E-state index is -0.151. The minimum Gasteiger partial charge on any atom is -0.355 e. The maximum Gasteiger partial charge on any atom is 0.270 e. The summed E-state index contributed by atoms with van der Waals surface area (Å²) in [6.07, 6.45) is 2.52. The molecule has 2 aromatic rings. The summed E-state index contributed by atoms with van der Waals surface area (Å²) in [5, 5.41) is 6.17. The molecule has 0 aliphatic heterocycles. The summed E-state index contributed by atoms with van der Waals surface area (Å²) in [6, 6.07) is 11.6. The number of rotatable bonds is 5. The zero-order valence-corrected chi connectivity index (χ0v) is 13.6. The zero-order chi connectivity index (χ0) is 15.2. The molecule has 0 aliphatic rings. The van der Waals surface area contributed by atoms with Gasteiger partial charge in [-0.05, 0) is 43.7 Å². The molecule has 1 atom stereocenters. The summed E-state index contributed by atoms with van der Waals surface area (Å²) in [5.74, 6) is -0.151. The maximum atomic E-state index is 12.1. The standard InChI is InChI=1S/C16H18BrN3O/c1-3-11(2)19-16(21)15-10-14(7-8-18-15)20-13-6-4-5-12(17)9-13/h4-11H,3H2,1-2H3,(H,18,20)(H,19,21). The molecule has 2 N–H and O–H groups in total. The van der Waals surface area contributed by atoms with Gasteiger partial charge >= 0.3 is 0 Å². The molecule has 21 heavy (non-hydrogen) atoms. The van der Waals surface area contributed by atoms with E-state index < -0.39 is 0 Å². The van der Waals surface area contributed by atoms with Gasteiger partial charge in [-0.2, -0.15) is 0 Å². The first-order chi connectivity index (χ1) is 10.1. The molecule has 0 radical (unpaired) electrons. The first kappa shape index (κ1) is 15.5. The lowest BCUT2D eigenvalue weighted by Gasteiger charge is -2.12. The van der Waals surface area contributed by atoms with Crippen LogP contribution in [0.1, 0.15) is 30.8 Å². The Morgan fingerprint density at radius 3 is 2.76 bits per heavy atom. The van der Waals surface area contributed by atoms with E-state index in [1.165, 1.54) is 0 Å². The fourth-order valence-corrected chi connectivity index (χ4v) is 2.16. The Balaban J connectivity index is 2.12. The Labute approximate surface area is 133 Å². The number of hydrogen-bond donors (Lipinski definition) is 2. The molecule has 0 spiro atoms. The van der Waals surface area contributed by atoms with Crippen LogP contribution in [-0.4, -0.2) is 16.9 Å². The highest BCUT2D eigenvalue weighted by Crippen LogP contribution is 2.20. The topological polar surface area (TPSA) is 54.0 Å². The number of halogens is 1. The van der Waals surface area contributed by atoms with Crippen LogP contribution in [0.5, 0.6) is 0 Å². The molecule has 2 rings (SSSR count). The van der Waals surface area contributed by atoms with Gasteiger partial charge in [0.25, 0.3) is 5.91 Å². The Kier molecular flexibility index (Phi) is 5.33. The van der Waals surface area contributed by atoms with Crippen LogP contribution in [0.4, 0.5) is 11.4 Å². The van der Waals surface area contributed by atoms with Crippen molar-refractivity contribution in [2.75, 3.05) is 5.32 Å². The lowest BCUT2D eigenvalue weighted by Crippen LogP contribution is -2.32. The average molecular weight is 348 g/mol. The molecule has 5 heteroatoms. The Morgan fingerprint density at radius 1 is 1.29 bits per heavy atom. The summed E-state index contributed by atoms with van der Waals surface area (Å²) in [6.45, 7) is 4.01. The Bertz CT molecular complexity index is 630. The first-order valence-electron chi connectivity index (χ1n) is 6.88. The third-order valence-corrected chi connectivity index (χ3v) is 3.59. The normalized spacial score (nSPS) is 11.8. The largest absolute Gasteiger partial charge is 0.355 e.